The van der Waals surface area contributed by atoms with Gasteiger partial charge < -0.3 is 11.1 Å². The summed E-state index contributed by atoms with van der Waals surface area (Å²) >= 11 is 0. The molecule has 0 radical (unpaired) electrons. The van der Waals surface area contributed by atoms with Gasteiger partial charge in [-0.3, -0.25) is 14.3 Å². The highest BCUT2D eigenvalue weighted by Crippen LogP contribution is 2.27. The van der Waals surface area contributed by atoms with Crippen LogP contribution in [0.3, 0.4) is 0 Å². The van der Waals surface area contributed by atoms with E-state index in [4.69, 9.17) is 5.73 Å². The summed E-state index contributed by atoms with van der Waals surface area (Å²) in [6, 6.07) is -0.460. The Kier molecular flexibility index (Phi) is 4.65. The van der Waals surface area contributed by atoms with Gasteiger partial charge in [0.2, 0.25) is 11.8 Å². The second-order valence-electron chi connectivity index (χ2n) is 6.02. The quantitative estimate of drug-likeness (QED) is 0.823. The number of primary amides is 1. The van der Waals surface area contributed by atoms with Crippen LogP contribution in [0.2, 0.25) is 0 Å². The first-order valence-electron chi connectivity index (χ1n) is 7.57. The maximum absolute atomic E-state index is 12.5. The minimum absolute atomic E-state index is 0.209. The van der Waals surface area contributed by atoms with Crippen molar-refractivity contribution < 1.29 is 9.59 Å². The standard InChI is InChI=1S/C15H24N4O2/c1-11-9-17-19(10-11)12(2)13(20)18-15(14(16)21)7-5-3-4-6-8-15/h9-10,12H,3-8H2,1-2H3,(H2,16,21)(H,18,20). The van der Waals surface area contributed by atoms with Crippen LogP contribution in [0.1, 0.15) is 57.1 Å². The first kappa shape index (κ1) is 15.5. The molecule has 0 aromatic carbocycles. The summed E-state index contributed by atoms with van der Waals surface area (Å²) in [4.78, 5) is 24.4. The fraction of sp³-hybridized carbons (Fsp3) is 0.667. The molecular weight excluding hydrogens is 268 g/mol. The van der Waals surface area contributed by atoms with Crippen LogP contribution in [0.25, 0.3) is 0 Å². The number of aromatic nitrogens is 2. The predicted octanol–water partition coefficient (Wildman–Crippen LogP) is 1.45. The highest BCUT2D eigenvalue weighted by atomic mass is 16.2. The van der Waals surface area contributed by atoms with E-state index in [0.29, 0.717) is 12.8 Å². The van der Waals surface area contributed by atoms with E-state index < -0.39 is 17.5 Å². The highest BCUT2D eigenvalue weighted by molar-refractivity contribution is 5.91. The lowest BCUT2D eigenvalue weighted by atomic mass is 9.89. The number of carbonyl (C=O) groups is 2. The number of nitrogens with zero attached hydrogens (tertiary/aromatic N) is 2. The average molecular weight is 292 g/mol. The fourth-order valence-corrected chi connectivity index (χ4v) is 2.87. The normalized spacial score (nSPS) is 19.5. The van der Waals surface area contributed by atoms with Gasteiger partial charge in [-0.05, 0) is 32.3 Å². The minimum Gasteiger partial charge on any atom is -0.368 e. The molecule has 1 atom stereocenters. The molecule has 1 saturated carbocycles. The van der Waals surface area contributed by atoms with Gasteiger partial charge in [-0.15, -0.1) is 0 Å². The van der Waals surface area contributed by atoms with E-state index in [1.54, 1.807) is 17.8 Å². The molecule has 1 aliphatic rings. The Morgan fingerprint density at radius 1 is 1.33 bits per heavy atom. The molecule has 1 heterocycles. The number of hydrogen-bond acceptors (Lipinski definition) is 3. The Balaban J connectivity index is 2.12. The van der Waals surface area contributed by atoms with Crippen LogP contribution in [-0.2, 0) is 9.59 Å². The zero-order valence-corrected chi connectivity index (χ0v) is 12.8. The van der Waals surface area contributed by atoms with Gasteiger partial charge in [-0.2, -0.15) is 5.10 Å². The van der Waals surface area contributed by atoms with Crippen molar-refractivity contribution in [3.05, 3.63) is 18.0 Å². The second-order valence-corrected chi connectivity index (χ2v) is 6.02. The lowest BCUT2D eigenvalue weighted by Crippen LogP contribution is -2.58. The molecule has 21 heavy (non-hydrogen) atoms. The van der Waals surface area contributed by atoms with Gasteiger partial charge >= 0.3 is 0 Å². The van der Waals surface area contributed by atoms with Crippen LogP contribution in [0.4, 0.5) is 0 Å². The van der Waals surface area contributed by atoms with Gasteiger partial charge in [0.25, 0.3) is 0 Å². The number of nitrogens with one attached hydrogen (secondary N) is 1. The lowest BCUT2D eigenvalue weighted by molar-refractivity contribution is -0.133. The van der Waals surface area contributed by atoms with Crippen LogP contribution in [-0.4, -0.2) is 27.1 Å². The number of rotatable bonds is 4. The smallest absolute Gasteiger partial charge is 0.245 e. The zero-order chi connectivity index (χ0) is 15.5. The van der Waals surface area contributed by atoms with Crippen LogP contribution in [0.15, 0.2) is 12.4 Å². The third kappa shape index (κ3) is 3.43. The number of hydrogen-bond donors (Lipinski definition) is 2. The van der Waals surface area contributed by atoms with E-state index in [2.05, 4.69) is 10.4 Å². The van der Waals surface area contributed by atoms with Crippen LogP contribution in [0.5, 0.6) is 0 Å². The van der Waals surface area contributed by atoms with Crippen molar-refractivity contribution in [3.8, 4) is 0 Å². The molecule has 2 amide bonds. The lowest BCUT2D eigenvalue weighted by Gasteiger charge is -2.31. The Labute approximate surface area is 125 Å². The molecular formula is C15H24N4O2. The Bertz CT molecular complexity index is 515. The van der Waals surface area contributed by atoms with Crippen LogP contribution < -0.4 is 11.1 Å². The molecule has 6 nitrogen and oxygen atoms in total. The molecule has 3 N–H and O–H groups in total. The van der Waals surface area contributed by atoms with E-state index in [9.17, 15) is 9.59 Å². The van der Waals surface area contributed by atoms with Crippen molar-refractivity contribution in [2.45, 2.75) is 64.0 Å². The van der Waals surface area contributed by atoms with E-state index in [-0.39, 0.29) is 5.91 Å². The SMILES string of the molecule is Cc1cnn(C(C)C(=O)NC2(C(N)=O)CCCCCC2)c1. The molecule has 6 heteroatoms. The van der Waals surface area contributed by atoms with Crippen molar-refractivity contribution in [1.82, 2.24) is 15.1 Å². The molecule has 0 bridgehead atoms. The summed E-state index contributed by atoms with van der Waals surface area (Å²) in [7, 11) is 0. The largest absolute Gasteiger partial charge is 0.368 e. The molecule has 116 valence electrons. The molecule has 1 fully saturated rings. The summed E-state index contributed by atoms with van der Waals surface area (Å²) in [5.41, 5.74) is 5.68. The van der Waals surface area contributed by atoms with Crippen LogP contribution in [0, 0.1) is 6.92 Å². The van der Waals surface area contributed by atoms with Crippen molar-refractivity contribution >= 4 is 11.8 Å². The molecule has 0 aliphatic heterocycles. The summed E-state index contributed by atoms with van der Waals surface area (Å²) in [5, 5.41) is 7.06. The molecule has 0 spiro atoms. The second kappa shape index (κ2) is 6.28. The Hall–Kier alpha value is -1.85. The summed E-state index contributed by atoms with van der Waals surface area (Å²) in [6.45, 7) is 3.69. The molecule has 1 aromatic rings. The maximum atomic E-state index is 12.5. The summed E-state index contributed by atoms with van der Waals surface area (Å²) in [6.07, 6.45) is 8.76. The number of carbonyl (C=O) groups excluding carboxylic acids is 2. The first-order chi connectivity index (χ1) is 9.94. The van der Waals surface area contributed by atoms with Gasteiger partial charge in [0.15, 0.2) is 0 Å². The Morgan fingerprint density at radius 2 is 1.95 bits per heavy atom. The topological polar surface area (TPSA) is 90.0 Å². The minimum atomic E-state index is -0.899. The number of amides is 2. The average Bonchev–Trinajstić information content (AvgIpc) is 2.72. The monoisotopic (exact) mass is 292 g/mol. The molecule has 1 unspecified atom stereocenters. The molecule has 2 rings (SSSR count). The third-order valence-corrected chi connectivity index (χ3v) is 4.30. The van der Waals surface area contributed by atoms with E-state index in [1.807, 2.05) is 13.1 Å². The molecule has 1 aromatic heterocycles. The number of nitrogens with two attached hydrogens (primary N) is 1. The maximum Gasteiger partial charge on any atom is 0.245 e. The van der Waals surface area contributed by atoms with E-state index >= 15 is 0 Å². The molecule has 1 aliphatic carbocycles. The van der Waals surface area contributed by atoms with Gasteiger partial charge in [0.05, 0.1) is 6.20 Å². The van der Waals surface area contributed by atoms with Crippen molar-refractivity contribution in [2.75, 3.05) is 0 Å². The van der Waals surface area contributed by atoms with Crippen LogP contribution >= 0.6 is 0 Å². The van der Waals surface area contributed by atoms with Crippen molar-refractivity contribution in [3.63, 3.8) is 0 Å². The first-order valence-corrected chi connectivity index (χ1v) is 7.57. The molecule has 0 saturated heterocycles. The van der Waals surface area contributed by atoms with E-state index in [1.165, 1.54) is 0 Å². The van der Waals surface area contributed by atoms with Gasteiger partial charge in [0, 0.05) is 6.20 Å². The summed E-state index contributed by atoms with van der Waals surface area (Å²) in [5.74, 6) is -0.639. The number of aryl methyl sites for hydroxylation is 1. The zero-order valence-electron chi connectivity index (χ0n) is 12.8. The van der Waals surface area contributed by atoms with Crippen molar-refractivity contribution in [1.29, 1.82) is 0 Å². The fourth-order valence-electron chi connectivity index (χ4n) is 2.87. The van der Waals surface area contributed by atoms with Gasteiger partial charge in [0.1, 0.15) is 11.6 Å². The Morgan fingerprint density at radius 3 is 2.43 bits per heavy atom. The van der Waals surface area contributed by atoms with Gasteiger partial charge in [-0.25, -0.2) is 0 Å². The summed E-state index contributed by atoms with van der Waals surface area (Å²) < 4.78 is 1.61. The van der Waals surface area contributed by atoms with Crippen molar-refractivity contribution in [2.24, 2.45) is 5.73 Å². The third-order valence-electron chi connectivity index (χ3n) is 4.30. The predicted molar refractivity (Wildman–Crippen MR) is 79.4 cm³/mol. The van der Waals surface area contributed by atoms with E-state index in [0.717, 1.165) is 31.2 Å². The highest BCUT2D eigenvalue weighted by Gasteiger charge is 2.39. The van der Waals surface area contributed by atoms with Gasteiger partial charge in [-0.1, -0.05) is 25.7 Å².